The molecule has 1 aliphatic rings. The van der Waals surface area contributed by atoms with Gasteiger partial charge >= 0.3 is 5.97 Å². The zero-order chi connectivity index (χ0) is 14.8. The van der Waals surface area contributed by atoms with E-state index in [1.54, 1.807) is 6.08 Å². The monoisotopic (exact) mass is 276 g/mol. The number of rotatable bonds is 3. The number of aliphatic hydroxyl groups excluding tert-OH is 1. The van der Waals surface area contributed by atoms with E-state index < -0.39 is 0 Å². The molecule has 0 aromatic heterocycles. The Balaban J connectivity index is 0.000000956. The highest BCUT2D eigenvalue weighted by atomic mass is 16.5. The number of ether oxygens (including phenoxy) is 1. The van der Waals surface area contributed by atoms with Crippen LogP contribution in [-0.4, -0.2) is 23.3 Å². The molecule has 1 aliphatic carbocycles. The molecule has 0 aliphatic heterocycles. The number of benzene rings is 1. The van der Waals surface area contributed by atoms with Crippen LogP contribution in [0.5, 0.6) is 0 Å². The lowest BCUT2D eigenvalue weighted by molar-refractivity contribution is -0.145. The lowest BCUT2D eigenvalue weighted by Crippen LogP contribution is -2.25. The minimum atomic E-state index is -0.305. The summed E-state index contributed by atoms with van der Waals surface area (Å²) in [6.07, 6.45) is 5.90. The van der Waals surface area contributed by atoms with Gasteiger partial charge in [0, 0.05) is 6.08 Å². The molecule has 0 heterocycles. The maximum Gasteiger partial charge on any atom is 0.331 e. The first kappa shape index (κ1) is 16.4. The molecule has 0 radical (unpaired) electrons. The standard InChI is InChI=1S/C15H18O3.C2H6/c16-13-7-9-14(10-8-13)18-15(17)11-6-12-4-2-1-3-5-12;1-2/h1-6,11,13-14,16H,7-10H2;1-2H3/b11-6+;. The van der Waals surface area contributed by atoms with Gasteiger partial charge < -0.3 is 9.84 Å². The van der Waals surface area contributed by atoms with E-state index in [9.17, 15) is 9.90 Å². The zero-order valence-electron chi connectivity index (χ0n) is 12.3. The lowest BCUT2D eigenvalue weighted by atomic mass is 9.95. The third-order valence-electron chi connectivity index (χ3n) is 3.14. The third kappa shape index (κ3) is 6.02. The first-order valence-corrected chi connectivity index (χ1v) is 7.36. The molecule has 1 aromatic rings. The molecule has 20 heavy (non-hydrogen) atoms. The van der Waals surface area contributed by atoms with Crippen molar-refractivity contribution in [1.29, 1.82) is 0 Å². The number of hydrogen-bond donors (Lipinski definition) is 1. The minimum Gasteiger partial charge on any atom is -0.459 e. The van der Waals surface area contributed by atoms with E-state index in [1.165, 1.54) is 6.08 Å². The summed E-state index contributed by atoms with van der Waals surface area (Å²) < 4.78 is 5.32. The molecule has 110 valence electrons. The van der Waals surface area contributed by atoms with Crippen molar-refractivity contribution in [3.8, 4) is 0 Å². The second-order valence-electron chi connectivity index (χ2n) is 4.61. The summed E-state index contributed by atoms with van der Waals surface area (Å²) in [6, 6.07) is 9.64. The lowest BCUT2D eigenvalue weighted by Gasteiger charge is -2.24. The SMILES string of the molecule is CC.O=C(/C=C/c1ccccc1)OC1CCC(O)CC1. The Morgan fingerprint density at radius 2 is 1.75 bits per heavy atom. The Morgan fingerprint density at radius 1 is 1.15 bits per heavy atom. The van der Waals surface area contributed by atoms with E-state index in [4.69, 9.17) is 4.74 Å². The number of aliphatic hydroxyl groups is 1. The Hall–Kier alpha value is -1.61. The van der Waals surface area contributed by atoms with E-state index in [2.05, 4.69) is 0 Å². The van der Waals surface area contributed by atoms with Crippen LogP contribution in [0, 0.1) is 0 Å². The first-order chi connectivity index (χ1) is 9.74. The summed E-state index contributed by atoms with van der Waals surface area (Å²) in [7, 11) is 0. The Morgan fingerprint density at radius 3 is 2.35 bits per heavy atom. The fourth-order valence-electron chi connectivity index (χ4n) is 2.10. The summed E-state index contributed by atoms with van der Waals surface area (Å²) in [6.45, 7) is 4.00. The van der Waals surface area contributed by atoms with Crippen molar-refractivity contribution in [2.45, 2.75) is 51.7 Å². The van der Waals surface area contributed by atoms with E-state index in [0.717, 1.165) is 31.2 Å². The second-order valence-corrected chi connectivity index (χ2v) is 4.61. The number of carbonyl (C=O) groups is 1. The molecule has 1 aromatic carbocycles. The van der Waals surface area contributed by atoms with Crippen molar-refractivity contribution in [3.05, 3.63) is 42.0 Å². The molecule has 0 amide bonds. The normalized spacial score (nSPS) is 21.9. The van der Waals surface area contributed by atoms with Gasteiger partial charge in [0.05, 0.1) is 6.10 Å². The molecular formula is C17H24O3. The summed E-state index contributed by atoms with van der Waals surface area (Å²) in [5, 5.41) is 9.36. The molecule has 3 nitrogen and oxygen atoms in total. The van der Waals surface area contributed by atoms with Crippen LogP contribution in [0.4, 0.5) is 0 Å². The van der Waals surface area contributed by atoms with Crippen molar-refractivity contribution < 1.29 is 14.6 Å². The highest BCUT2D eigenvalue weighted by Crippen LogP contribution is 2.21. The van der Waals surface area contributed by atoms with Gasteiger partial charge in [-0.15, -0.1) is 0 Å². The predicted octanol–water partition coefficient (Wildman–Crippen LogP) is 3.57. The van der Waals surface area contributed by atoms with Crippen LogP contribution in [-0.2, 0) is 9.53 Å². The van der Waals surface area contributed by atoms with E-state index in [-0.39, 0.29) is 18.2 Å². The molecule has 1 N–H and O–H groups in total. The summed E-state index contributed by atoms with van der Waals surface area (Å²) in [4.78, 5) is 11.6. The van der Waals surface area contributed by atoms with Gasteiger partial charge in [0.2, 0.25) is 0 Å². The van der Waals surface area contributed by atoms with Crippen LogP contribution in [0.25, 0.3) is 6.08 Å². The van der Waals surface area contributed by atoms with Crippen LogP contribution >= 0.6 is 0 Å². The molecule has 1 fully saturated rings. The topological polar surface area (TPSA) is 46.5 Å². The largest absolute Gasteiger partial charge is 0.459 e. The minimum absolute atomic E-state index is 0.0404. The molecule has 0 atom stereocenters. The molecule has 3 heteroatoms. The Kier molecular flexibility index (Phi) is 7.66. The molecular weight excluding hydrogens is 252 g/mol. The zero-order valence-corrected chi connectivity index (χ0v) is 12.3. The summed E-state index contributed by atoms with van der Waals surface area (Å²) >= 11 is 0. The average molecular weight is 276 g/mol. The Labute approximate surface area is 121 Å². The van der Waals surface area contributed by atoms with Crippen LogP contribution in [0.2, 0.25) is 0 Å². The van der Waals surface area contributed by atoms with Crippen molar-refractivity contribution >= 4 is 12.0 Å². The van der Waals surface area contributed by atoms with Gasteiger partial charge in [0.15, 0.2) is 0 Å². The fraction of sp³-hybridized carbons (Fsp3) is 0.471. The molecule has 0 unspecified atom stereocenters. The number of hydrogen-bond acceptors (Lipinski definition) is 3. The van der Waals surface area contributed by atoms with Gasteiger partial charge in [-0.25, -0.2) is 4.79 Å². The molecule has 0 bridgehead atoms. The predicted molar refractivity (Wildman–Crippen MR) is 81.2 cm³/mol. The van der Waals surface area contributed by atoms with E-state index >= 15 is 0 Å². The van der Waals surface area contributed by atoms with Gasteiger partial charge in [-0.05, 0) is 37.3 Å². The van der Waals surface area contributed by atoms with Crippen LogP contribution in [0.15, 0.2) is 36.4 Å². The van der Waals surface area contributed by atoms with Gasteiger partial charge in [-0.2, -0.15) is 0 Å². The molecule has 0 saturated heterocycles. The first-order valence-electron chi connectivity index (χ1n) is 7.36. The second kappa shape index (κ2) is 9.32. The van der Waals surface area contributed by atoms with Gasteiger partial charge in [-0.1, -0.05) is 44.2 Å². The van der Waals surface area contributed by atoms with E-state index in [0.29, 0.717) is 0 Å². The van der Waals surface area contributed by atoms with E-state index in [1.807, 2.05) is 44.2 Å². The molecule has 2 rings (SSSR count). The van der Waals surface area contributed by atoms with Crippen molar-refractivity contribution in [2.75, 3.05) is 0 Å². The average Bonchev–Trinajstić information content (AvgIpc) is 2.51. The van der Waals surface area contributed by atoms with Crippen molar-refractivity contribution in [3.63, 3.8) is 0 Å². The van der Waals surface area contributed by atoms with Crippen LogP contribution in [0.3, 0.4) is 0 Å². The molecule has 0 spiro atoms. The summed E-state index contributed by atoms with van der Waals surface area (Å²) in [5.74, 6) is -0.305. The smallest absolute Gasteiger partial charge is 0.331 e. The number of carbonyl (C=O) groups excluding carboxylic acids is 1. The highest BCUT2D eigenvalue weighted by Gasteiger charge is 2.21. The quantitative estimate of drug-likeness (QED) is 0.678. The van der Waals surface area contributed by atoms with Gasteiger partial charge in [0.1, 0.15) is 6.10 Å². The summed E-state index contributed by atoms with van der Waals surface area (Å²) in [5.41, 5.74) is 0.980. The van der Waals surface area contributed by atoms with Crippen LogP contribution < -0.4 is 0 Å². The van der Waals surface area contributed by atoms with Crippen LogP contribution in [0.1, 0.15) is 45.1 Å². The Bertz CT molecular complexity index is 404. The highest BCUT2D eigenvalue weighted by molar-refractivity contribution is 5.87. The van der Waals surface area contributed by atoms with Crippen molar-refractivity contribution in [2.24, 2.45) is 0 Å². The van der Waals surface area contributed by atoms with Gasteiger partial charge in [0.25, 0.3) is 0 Å². The fourth-order valence-corrected chi connectivity index (χ4v) is 2.10. The van der Waals surface area contributed by atoms with Crippen molar-refractivity contribution in [1.82, 2.24) is 0 Å². The number of esters is 1. The van der Waals surface area contributed by atoms with Gasteiger partial charge in [-0.3, -0.25) is 0 Å². The third-order valence-corrected chi connectivity index (χ3v) is 3.14. The molecule has 1 saturated carbocycles. The maximum atomic E-state index is 11.6. The maximum absolute atomic E-state index is 11.6.